The number of esters is 1. The fourth-order valence-corrected chi connectivity index (χ4v) is 3.22. The molecule has 0 fully saturated rings. The van der Waals surface area contributed by atoms with Crippen LogP contribution in [-0.2, 0) is 14.9 Å². The zero-order valence-electron chi connectivity index (χ0n) is 16.7. The van der Waals surface area contributed by atoms with Crippen LogP contribution in [0.25, 0.3) is 0 Å². The molecule has 6 heteroatoms. The van der Waals surface area contributed by atoms with Crippen LogP contribution in [0.15, 0.2) is 42.5 Å². The summed E-state index contributed by atoms with van der Waals surface area (Å²) in [5, 5.41) is 3.78. The van der Waals surface area contributed by atoms with E-state index < -0.39 is 18.0 Å². The molecule has 0 saturated heterocycles. The molecule has 150 valence electrons. The van der Waals surface area contributed by atoms with Gasteiger partial charge in [0.05, 0.1) is 11.6 Å². The molecule has 0 radical (unpaired) electrons. The molecular formula is C22H25Cl2NO3. The Morgan fingerprint density at radius 2 is 1.61 bits per heavy atom. The first kappa shape index (κ1) is 22.3. The Kier molecular flexibility index (Phi) is 7.13. The Hall–Kier alpha value is -2.04. The maximum absolute atomic E-state index is 12.4. The Morgan fingerprint density at radius 3 is 2.14 bits per heavy atom. The largest absolute Gasteiger partial charge is 0.449 e. The van der Waals surface area contributed by atoms with Crippen molar-refractivity contribution in [3.63, 3.8) is 0 Å². The molecule has 0 aromatic heterocycles. The van der Waals surface area contributed by atoms with Gasteiger partial charge >= 0.3 is 5.97 Å². The molecule has 0 aliphatic carbocycles. The minimum absolute atomic E-state index is 0.00527. The van der Waals surface area contributed by atoms with Crippen molar-refractivity contribution in [3.05, 3.63) is 69.2 Å². The molecule has 0 bridgehead atoms. The van der Waals surface area contributed by atoms with E-state index in [2.05, 4.69) is 26.1 Å². The standard InChI is InChI=1S/C22H25Cl2NO3/c1-13(18-11-10-17(23)12-19(18)24)25-20(26)14(2)28-21(27)15-6-8-16(9-7-15)22(3,4)5/h6-14H,1-5H3,(H,25,26)/t13-,14+/m1/s1. The lowest BCUT2D eigenvalue weighted by Crippen LogP contribution is -2.37. The lowest BCUT2D eigenvalue weighted by Gasteiger charge is -2.20. The number of amides is 1. The highest BCUT2D eigenvalue weighted by molar-refractivity contribution is 6.35. The second kappa shape index (κ2) is 8.97. The number of carbonyl (C=O) groups is 2. The van der Waals surface area contributed by atoms with E-state index in [-0.39, 0.29) is 11.5 Å². The first-order valence-corrected chi connectivity index (χ1v) is 9.81. The monoisotopic (exact) mass is 421 g/mol. The van der Waals surface area contributed by atoms with Crippen molar-refractivity contribution >= 4 is 35.1 Å². The molecule has 4 nitrogen and oxygen atoms in total. The van der Waals surface area contributed by atoms with Crippen LogP contribution in [0.4, 0.5) is 0 Å². The highest BCUT2D eigenvalue weighted by atomic mass is 35.5. The summed E-state index contributed by atoms with van der Waals surface area (Å²) in [6.45, 7) is 9.63. The second-order valence-electron chi connectivity index (χ2n) is 7.77. The molecule has 2 rings (SSSR count). The molecule has 2 aromatic rings. The third kappa shape index (κ3) is 5.73. The summed E-state index contributed by atoms with van der Waals surface area (Å²) in [5.74, 6) is -0.946. The van der Waals surface area contributed by atoms with Gasteiger partial charge in [-0.1, -0.05) is 62.2 Å². The number of ether oxygens (including phenoxy) is 1. The normalized spacial score (nSPS) is 13.5. The smallest absolute Gasteiger partial charge is 0.338 e. The van der Waals surface area contributed by atoms with Gasteiger partial charge in [0.1, 0.15) is 0 Å². The van der Waals surface area contributed by atoms with E-state index in [1.807, 2.05) is 12.1 Å². The van der Waals surface area contributed by atoms with E-state index in [4.69, 9.17) is 27.9 Å². The van der Waals surface area contributed by atoms with Crippen molar-refractivity contribution < 1.29 is 14.3 Å². The van der Waals surface area contributed by atoms with Crippen LogP contribution in [-0.4, -0.2) is 18.0 Å². The molecule has 0 aliphatic rings. The first-order valence-electron chi connectivity index (χ1n) is 9.06. The van der Waals surface area contributed by atoms with Gasteiger partial charge in [0.15, 0.2) is 6.10 Å². The van der Waals surface area contributed by atoms with Crippen molar-refractivity contribution in [1.29, 1.82) is 0 Å². The number of rotatable bonds is 5. The molecular weight excluding hydrogens is 397 g/mol. The summed E-state index contributed by atoms with van der Waals surface area (Å²) in [6.07, 6.45) is -0.941. The number of halogens is 2. The van der Waals surface area contributed by atoms with Gasteiger partial charge in [-0.2, -0.15) is 0 Å². The van der Waals surface area contributed by atoms with Crippen LogP contribution < -0.4 is 5.32 Å². The average molecular weight is 422 g/mol. The van der Waals surface area contributed by atoms with Crippen LogP contribution in [0.1, 0.15) is 62.1 Å². The number of hydrogen-bond donors (Lipinski definition) is 1. The highest BCUT2D eigenvalue weighted by Crippen LogP contribution is 2.26. The Bertz CT molecular complexity index is 857. The number of hydrogen-bond acceptors (Lipinski definition) is 3. The fourth-order valence-electron chi connectivity index (χ4n) is 2.65. The molecule has 0 heterocycles. The van der Waals surface area contributed by atoms with Crippen molar-refractivity contribution in [1.82, 2.24) is 5.32 Å². The predicted octanol–water partition coefficient (Wildman–Crippen LogP) is 5.71. The van der Waals surface area contributed by atoms with Gasteiger partial charge in [-0.05, 0) is 54.7 Å². The van der Waals surface area contributed by atoms with Crippen molar-refractivity contribution in [2.75, 3.05) is 0 Å². The fraction of sp³-hybridized carbons (Fsp3) is 0.364. The van der Waals surface area contributed by atoms with E-state index in [0.29, 0.717) is 15.6 Å². The molecule has 0 unspecified atom stereocenters. The summed E-state index contributed by atoms with van der Waals surface area (Å²) >= 11 is 12.1. The van der Waals surface area contributed by atoms with E-state index in [1.165, 1.54) is 6.92 Å². The zero-order chi connectivity index (χ0) is 21.1. The van der Waals surface area contributed by atoms with Crippen molar-refractivity contribution in [2.24, 2.45) is 0 Å². The van der Waals surface area contributed by atoms with Gasteiger partial charge in [-0.15, -0.1) is 0 Å². The van der Waals surface area contributed by atoms with E-state index in [1.54, 1.807) is 37.3 Å². The van der Waals surface area contributed by atoms with Crippen molar-refractivity contribution in [2.45, 2.75) is 52.2 Å². The predicted molar refractivity (Wildman–Crippen MR) is 113 cm³/mol. The minimum Gasteiger partial charge on any atom is -0.449 e. The summed E-state index contributed by atoms with van der Waals surface area (Å²) in [7, 11) is 0. The summed E-state index contributed by atoms with van der Waals surface area (Å²) in [5.41, 5.74) is 2.25. The Morgan fingerprint density at radius 1 is 1.00 bits per heavy atom. The number of carbonyl (C=O) groups excluding carboxylic acids is 2. The van der Waals surface area contributed by atoms with Gasteiger partial charge in [0.2, 0.25) is 0 Å². The molecule has 28 heavy (non-hydrogen) atoms. The van der Waals surface area contributed by atoms with E-state index in [9.17, 15) is 9.59 Å². The Balaban J connectivity index is 1.98. The van der Waals surface area contributed by atoms with Crippen LogP contribution in [0.5, 0.6) is 0 Å². The average Bonchev–Trinajstić information content (AvgIpc) is 2.60. The lowest BCUT2D eigenvalue weighted by molar-refractivity contribution is -0.129. The van der Waals surface area contributed by atoms with Crippen LogP contribution in [0, 0.1) is 0 Å². The van der Waals surface area contributed by atoms with Gasteiger partial charge < -0.3 is 10.1 Å². The van der Waals surface area contributed by atoms with Gasteiger partial charge in [-0.3, -0.25) is 4.79 Å². The van der Waals surface area contributed by atoms with Gasteiger partial charge in [0.25, 0.3) is 5.91 Å². The molecule has 0 spiro atoms. The quantitative estimate of drug-likeness (QED) is 0.628. The maximum atomic E-state index is 12.4. The summed E-state index contributed by atoms with van der Waals surface area (Å²) in [4.78, 5) is 24.7. The third-order valence-electron chi connectivity index (χ3n) is 4.43. The topological polar surface area (TPSA) is 55.4 Å². The molecule has 0 saturated carbocycles. The van der Waals surface area contributed by atoms with E-state index >= 15 is 0 Å². The van der Waals surface area contributed by atoms with Crippen molar-refractivity contribution in [3.8, 4) is 0 Å². The van der Waals surface area contributed by atoms with Gasteiger partial charge in [0, 0.05) is 10.0 Å². The van der Waals surface area contributed by atoms with Crippen LogP contribution in [0.3, 0.4) is 0 Å². The second-order valence-corrected chi connectivity index (χ2v) is 8.61. The van der Waals surface area contributed by atoms with E-state index in [0.717, 1.165) is 11.1 Å². The summed E-state index contributed by atoms with van der Waals surface area (Å²) in [6, 6.07) is 11.9. The molecule has 1 amide bonds. The van der Waals surface area contributed by atoms with Crippen LogP contribution >= 0.6 is 23.2 Å². The maximum Gasteiger partial charge on any atom is 0.338 e. The Labute approximate surface area is 176 Å². The number of nitrogens with one attached hydrogen (secondary N) is 1. The van der Waals surface area contributed by atoms with Crippen LogP contribution in [0.2, 0.25) is 10.0 Å². The molecule has 1 N–H and O–H groups in total. The molecule has 0 aliphatic heterocycles. The third-order valence-corrected chi connectivity index (χ3v) is 4.99. The first-order chi connectivity index (χ1) is 13.0. The number of benzene rings is 2. The molecule has 2 atom stereocenters. The lowest BCUT2D eigenvalue weighted by atomic mass is 9.87. The molecule has 2 aromatic carbocycles. The van der Waals surface area contributed by atoms with Gasteiger partial charge in [-0.25, -0.2) is 4.79 Å². The highest BCUT2D eigenvalue weighted by Gasteiger charge is 2.22. The summed E-state index contributed by atoms with van der Waals surface area (Å²) < 4.78 is 5.30. The SMILES string of the molecule is C[C@H](OC(=O)c1ccc(C(C)(C)C)cc1)C(=O)N[C@H](C)c1ccc(Cl)cc1Cl. The zero-order valence-corrected chi connectivity index (χ0v) is 18.2. The minimum atomic E-state index is -0.941.